The van der Waals surface area contributed by atoms with Crippen LogP contribution < -0.4 is 15.8 Å². The van der Waals surface area contributed by atoms with Crippen LogP contribution in [-0.2, 0) is 4.79 Å². The maximum absolute atomic E-state index is 12.2. The van der Waals surface area contributed by atoms with E-state index < -0.39 is 0 Å². The van der Waals surface area contributed by atoms with Crippen LogP contribution in [-0.4, -0.2) is 19.1 Å². The van der Waals surface area contributed by atoms with Crippen molar-refractivity contribution in [3.05, 3.63) is 65.7 Å². The highest BCUT2D eigenvalue weighted by Crippen LogP contribution is 2.32. The number of hydrogen-bond donors (Lipinski definition) is 2. The molecule has 4 nitrogen and oxygen atoms in total. The minimum atomic E-state index is -0.266. The van der Waals surface area contributed by atoms with Gasteiger partial charge in [-0.15, -0.1) is 12.4 Å². The van der Waals surface area contributed by atoms with E-state index in [0.29, 0.717) is 25.5 Å². The van der Waals surface area contributed by atoms with E-state index in [1.807, 2.05) is 48.5 Å². The van der Waals surface area contributed by atoms with Gasteiger partial charge in [-0.05, 0) is 23.6 Å². The van der Waals surface area contributed by atoms with Crippen LogP contribution in [0.25, 0.3) is 0 Å². The second-order valence-electron chi connectivity index (χ2n) is 5.90. The van der Waals surface area contributed by atoms with Gasteiger partial charge in [0.25, 0.3) is 0 Å². The Hall–Kier alpha value is -2.04. The number of ether oxygens (including phenoxy) is 1. The first-order chi connectivity index (χ1) is 11.2. The number of halogens is 1. The van der Waals surface area contributed by atoms with Gasteiger partial charge in [-0.3, -0.25) is 4.79 Å². The molecule has 0 aromatic heterocycles. The number of nitrogens with one attached hydrogen (secondary N) is 1. The van der Waals surface area contributed by atoms with Gasteiger partial charge < -0.3 is 15.8 Å². The third-order valence-electron chi connectivity index (χ3n) is 4.26. The first-order valence-corrected chi connectivity index (χ1v) is 8.03. The molecular formula is C19H23ClN2O2. The first kappa shape index (κ1) is 18.3. The molecule has 2 aromatic carbocycles. The van der Waals surface area contributed by atoms with Crippen molar-refractivity contribution in [2.45, 2.75) is 24.8 Å². The van der Waals surface area contributed by atoms with Crippen LogP contribution in [0.4, 0.5) is 0 Å². The molecule has 0 fully saturated rings. The molecule has 0 bridgehead atoms. The lowest BCUT2D eigenvalue weighted by molar-refractivity contribution is -0.121. The van der Waals surface area contributed by atoms with Crippen molar-refractivity contribution in [3.8, 4) is 5.75 Å². The van der Waals surface area contributed by atoms with Gasteiger partial charge in [0.2, 0.25) is 5.91 Å². The number of nitrogens with two attached hydrogens (primary N) is 1. The van der Waals surface area contributed by atoms with Crippen LogP contribution in [0.5, 0.6) is 5.75 Å². The second kappa shape index (κ2) is 8.71. The molecule has 24 heavy (non-hydrogen) atoms. The molecule has 0 saturated carbocycles. The summed E-state index contributed by atoms with van der Waals surface area (Å²) < 4.78 is 5.65. The summed E-state index contributed by atoms with van der Waals surface area (Å²) in [5.74, 6) is 1.22. The average molecular weight is 347 g/mol. The predicted octanol–water partition coefficient (Wildman–Crippen LogP) is 3.18. The Labute approximate surface area is 148 Å². The topological polar surface area (TPSA) is 64.4 Å². The molecule has 3 rings (SSSR count). The monoisotopic (exact) mass is 346 g/mol. The molecule has 128 valence electrons. The lowest BCUT2D eigenvalue weighted by Gasteiger charge is -2.26. The van der Waals surface area contributed by atoms with E-state index in [4.69, 9.17) is 10.5 Å². The summed E-state index contributed by atoms with van der Waals surface area (Å²) >= 11 is 0. The smallest absolute Gasteiger partial charge is 0.221 e. The van der Waals surface area contributed by atoms with Crippen LogP contribution in [0.15, 0.2) is 54.6 Å². The molecule has 5 heteroatoms. The third kappa shape index (κ3) is 4.49. The Bertz CT molecular complexity index is 663. The molecule has 2 unspecified atom stereocenters. The predicted molar refractivity (Wildman–Crippen MR) is 97.5 cm³/mol. The zero-order chi connectivity index (χ0) is 16.1. The molecule has 3 N–H and O–H groups in total. The van der Waals surface area contributed by atoms with Gasteiger partial charge in [0.1, 0.15) is 5.75 Å². The van der Waals surface area contributed by atoms with Crippen molar-refractivity contribution in [1.82, 2.24) is 5.32 Å². The molecule has 0 aliphatic carbocycles. The van der Waals surface area contributed by atoms with Gasteiger partial charge in [-0.25, -0.2) is 0 Å². The average Bonchev–Trinajstić information content (AvgIpc) is 2.60. The van der Waals surface area contributed by atoms with Crippen molar-refractivity contribution in [3.63, 3.8) is 0 Å². The van der Waals surface area contributed by atoms with E-state index in [0.717, 1.165) is 17.7 Å². The summed E-state index contributed by atoms with van der Waals surface area (Å²) in [6.45, 7) is 1.32. The Morgan fingerprint density at radius 3 is 2.67 bits per heavy atom. The Morgan fingerprint density at radius 2 is 1.88 bits per heavy atom. The largest absolute Gasteiger partial charge is 0.493 e. The van der Waals surface area contributed by atoms with Crippen LogP contribution in [0.3, 0.4) is 0 Å². The quantitative estimate of drug-likeness (QED) is 0.874. The second-order valence-corrected chi connectivity index (χ2v) is 5.90. The first-order valence-electron chi connectivity index (χ1n) is 8.03. The SMILES string of the molecule is Cl.NC(CC(=O)NCC1CCOc2ccccc21)c1ccccc1. The van der Waals surface area contributed by atoms with Crippen molar-refractivity contribution in [2.75, 3.05) is 13.2 Å². The Kier molecular flexibility index (Phi) is 6.64. The highest BCUT2D eigenvalue weighted by Gasteiger charge is 2.21. The molecular weight excluding hydrogens is 324 g/mol. The summed E-state index contributed by atoms with van der Waals surface area (Å²) in [7, 11) is 0. The summed E-state index contributed by atoms with van der Waals surface area (Å²) in [5, 5.41) is 3.02. The lowest BCUT2D eigenvalue weighted by atomic mass is 9.93. The van der Waals surface area contributed by atoms with Gasteiger partial charge in [0, 0.05) is 24.9 Å². The highest BCUT2D eigenvalue weighted by molar-refractivity contribution is 5.85. The molecule has 2 atom stereocenters. The number of fused-ring (bicyclic) bond motifs is 1. The van der Waals surface area contributed by atoms with E-state index in [1.54, 1.807) is 0 Å². The Morgan fingerprint density at radius 1 is 1.17 bits per heavy atom. The van der Waals surface area contributed by atoms with Gasteiger partial charge in [-0.2, -0.15) is 0 Å². The van der Waals surface area contributed by atoms with Crippen molar-refractivity contribution in [1.29, 1.82) is 0 Å². The van der Waals surface area contributed by atoms with E-state index >= 15 is 0 Å². The number of carbonyl (C=O) groups is 1. The molecule has 1 aliphatic rings. The molecule has 2 aromatic rings. The lowest BCUT2D eigenvalue weighted by Crippen LogP contribution is -2.32. The fourth-order valence-electron chi connectivity index (χ4n) is 2.95. The molecule has 0 spiro atoms. The minimum Gasteiger partial charge on any atom is -0.493 e. The number of rotatable bonds is 5. The van der Waals surface area contributed by atoms with Crippen LogP contribution in [0.1, 0.15) is 35.9 Å². The summed E-state index contributed by atoms with van der Waals surface area (Å²) in [6.07, 6.45) is 1.22. The molecule has 1 heterocycles. The Balaban J connectivity index is 0.00000208. The van der Waals surface area contributed by atoms with Crippen LogP contribution in [0, 0.1) is 0 Å². The fourth-order valence-corrected chi connectivity index (χ4v) is 2.95. The van der Waals surface area contributed by atoms with E-state index in [1.165, 1.54) is 5.56 Å². The third-order valence-corrected chi connectivity index (χ3v) is 4.26. The standard InChI is InChI=1S/C19H22N2O2.ClH/c20-17(14-6-2-1-3-7-14)12-19(22)21-13-15-10-11-23-18-9-5-4-8-16(15)18;/h1-9,15,17H,10-13,20H2,(H,21,22);1H. The maximum atomic E-state index is 12.2. The minimum absolute atomic E-state index is 0. The highest BCUT2D eigenvalue weighted by atomic mass is 35.5. The summed E-state index contributed by atoms with van der Waals surface area (Å²) in [5.41, 5.74) is 8.26. The zero-order valence-electron chi connectivity index (χ0n) is 13.5. The molecule has 1 aliphatic heterocycles. The number of benzene rings is 2. The number of amides is 1. The molecule has 0 radical (unpaired) electrons. The van der Waals surface area contributed by atoms with Crippen LogP contribution in [0.2, 0.25) is 0 Å². The van der Waals surface area contributed by atoms with Gasteiger partial charge >= 0.3 is 0 Å². The number of para-hydroxylation sites is 1. The van der Waals surface area contributed by atoms with Crippen molar-refractivity contribution < 1.29 is 9.53 Å². The number of hydrogen-bond acceptors (Lipinski definition) is 3. The van der Waals surface area contributed by atoms with E-state index in [9.17, 15) is 4.79 Å². The molecule has 1 amide bonds. The van der Waals surface area contributed by atoms with Crippen LogP contribution >= 0.6 is 12.4 Å². The zero-order valence-corrected chi connectivity index (χ0v) is 14.3. The van der Waals surface area contributed by atoms with E-state index in [2.05, 4.69) is 11.4 Å². The maximum Gasteiger partial charge on any atom is 0.221 e. The summed E-state index contributed by atoms with van der Waals surface area (Å²) in [4.78, 5) is 12.2. The van der Waals surface area contributed by atoms with E-state index in [-0.39, 0.29) is 24.4 Å². The van der Waals surface area contributed by atoms with Crippen molar-refractivity contribution >= 4 is 18.3 Å². The van der Waals surface area contributed by atoms with Gasteiger partial charge in [0.15, 0.2) is 0 Å². The molecule has 0 saturated heterocycles. The summed E-state index contributed by atoms with van der Waals surface area (Å²) in [6, 6.07) is 17.5. The number of carbonyl (C=O) groups excluding carboxylic acids is 1. The van der Waals surface area contributed by atoms with Gasteiger partial charge in [-0.1, -0.05) is 48.5 Å². The fraction of sp³-hybridized carbons (Fsp3) is 0.316. The van der Waals surface area contributed by atoms with Crippen molar-refractivity contribution in [2.24, 2.45) is 5.73 Å². The van der Waals surface area contributed by atoms with Gasteiger partial charge in [0.05, 0.1) is 6.61 Å². The normalized spacial score (nSPS) is 17.0.